The summed E-state index contributed by atoms with van der Waals surface area (Å²) >= 11 is 0. The fourth-order valence-corrected chi connectivity index (χ4v) is 4.59. The van der Waals surface area contributed by atoms with E-state index in [1.54, 1.807) is 27.2 Å². The van der Waals surface area contributed by atoms with E-state index in [-0.39, 0.29) is 18.6 Å². The van der Waals surface area contributed by atoms with Crippen LogP contribution in [0.15, 0.2) is 85.1 Å². The summed E-state index contributed by atoms with van der Waals surface area (Å²) in [5.74, 6) is 0.879. The Balaban J connectivity index is 1.70. The van der Waals surface area contributed by atoms with Crippen molar-refractivity contribution in [3.63, 3.8) is 0 Å². The molecule has 0 N–H and O–H groups in total. The Kier molecular flexibility index (Phi) is 7.56. The molecule has 7 heteroatoms. The maximum atomic E-state index is 12.4. The molecule has 0 saturated carbocycles. The minimum absolute atomic E-state index is 0.154. The van der Waals surface area contributed by atoms with Crippen molar-refractivity contribution in [2.24, 2.45) is 0 Å². The number of nitrogens with zero attached hydrogens (tertiary/aromatic N) is 2. The molecule has 38 heavy (non-hydrogen) atoms. The lowest BCUT2D eigenvalue weighted by atomic mass is 10.1. The number of fused-ring (bicyclic) bond motifs is 3. The van der Waals surface area contributed by atoms with E-state index >= 15 is 0 Å². The first-order valence-corrected chi connectivity index (χ1v) is 12.6. The van der Waals surface area contributed by atoms with E-state index in [9.17, 15) is 4.79 Å². The van der Waals surface area contributed by atoms with Crippen molar-refractivity contribution in [2.45, 2.75) is 39.7 Å². The quantitative estimate of drug-likeness (QED) is 0.201. The SMILES string of the molecule is COCc1c(OC(=O)OC(C)C)ncc2c1c1c(OCc3ccccc3)cccc1n2Cc1ccccc1. The van der Waals surface area contributed by atoms with Crippen molar-refractivity contribution in [1.82, 2.24) is 9.55 Å². The fourth-order valence-electron chi connectivity index (χ4n) is 4.59. The van der Waals surface area contributed by atoms with Gasteiger partial charge >= 0.3 is 6.16 Å². The first-order chi connectivity index (χ1) is 18.5. The second kappa shape index (κ2) is 11.4. The van der Waals surface area contributed by atoms with Crippen molar-refractivity contribution < 1.29 is 23.7 Å². The highest BCUT2D eigenvalue weighted by atomic mass is 16.7. The Morgan fingerprint density at radius 2 is 1.55 bits per heavy atom. The van der Waals surface area contributed by atoms with Crippen molar-refractivity contribution in [2.75, 3.05) is 7.11 Å². The van der Waals surface area contributed by atoms with E-state index in [2.05, 4.69) is 27.8 Å². The molecule has 0 amide bonds. The molecular formula is C31H30N2O5. The van der Waals surface area contributed by atoms with Gasteiger partial charge in [-0.15, -0.1) is 0 Å². The van der Waals surface area contributed by atoms with Gasteiger partial charge < -0.3 is 23.5 Å². The van der Waals surface area contributed by atoms with Gasteiger partial charge in [-0.3, -0.25) is 0 Å². The molecule has 0 spiro atoms. The second-order valence-electron chi connectivity index (χ2n) is 9.25. The molecule has 0 unspecified atom stereocenters. The molecule has 5 rings (SSSR count). The predicted molar refractivity (Wildman–Crippen MR) is 147 cm³/mol. The number of rotatable bonds is 9. The van der Waals surface area contributed by atoms with Gasteiger partial charge in [0.05, 0.1) is 40.9 Å². The molecule has 0 aliphatic carbocycles. The van der Waals surface area contributed by atoms with Gasteiger partial charge in [-0.25, -0.2) is 9.78 Å². The van der Waals surface area contributed by atoms with Crippen LogP contribution in [0.2, 0.25) is 0 Å². The predicted octanol–water partition coefficient (Wildman–Crippen LogP) is 6.89. The molecule has 3 aromatic carbocycles. The number of hydrogen-bond acceptors (Lipinski definition) is 6. The summed E-state index contributed by atoms with van der Waals surface area (Å²) in [5.41, 5.74) is 4.73. The smallest absolute Gasteiger partial charge is 0.488 e. The molecule has 0 fully saturated rings. The topological polar surface area (TPSA) is 71.8 Å². The molecular weight excluding hydrogens is 480 g/mol. The lowest BCUT2D eigenvalue weighted by Crippen LogP contribution is -2.17. The Labute approximate surface area is 221 Å². The van der Waals surface area contributed by atoms with Gasteiger partial charge in [0.2, 0.25) is 5.88 Å². The van der Waals surface area contributed by atoms with Crippen LogP contribution < -0.4 is 9.47 Å². The lowest BCUT2D eigenvalue weighted by Gasteiger charge is -2.13. The normalized spacial score (nSPS) is 11.3. The molecule has 0 saturated heterocycles. The van der Waals surface area contributed by atoms with Crippen LogP contribution >= 0.6 is 0 Å². The highest BCUT2D eigenvalue weighted by Gasteiger charge is 2.23. The molecule has 2 aromatic heterocycles. The first-order valence-electron chi connectivity index (χ1n) is 12.6. The molecule has 0 aliphatic rings. The number of ether oxygens (including phenoxy) is 4. The Hall–Kier alpha value is -4.36. The van der Waals surface area contributed by atoms with Gasteiger partial charge in [0, 0.05) is 19.0 Å². The highest BCUT2D eigenvalue weighted by Crippen LogP contribution is 2.40. The van der Waals surface area contributed by atoms with Crippen LogP contribution in [-0.2, 0) is 29.2 Å². The zero-order valence-corrected chi connectivity index (χ0v) is 21.7. The summed E-state index contributed by atoms with van der Waals surface area (Å²) in [5, 5.41) is 1.77. The number of benzene rings is 3. The summed E-state index contributed by atoms with van der Waals surface area (Å²) in [6.07, 6.45) is 0.608. The molecule has 0 aliphatic heterocycles. The van der Waals surface area contributed by atoms with Crippen LogP contribution in [0.1, 0.15) is 30.5 Å². The van der Waals surface area contributed by atoms with E-state index in [1.165, 1.54) is 0 Å². The van der Waals surface area contributed by atoms with E-state index in [0.717, 1.165) is 38.7 Å². The van der Waals surface area contributed by atoms with Gasteiger partial charge in [0.1, 0.15) is 12.4 Å². The number of carbonyl (C=O) groups is 1. The summed E-state index contributed by atoms with van der Waals surface area (Å²) < 4.78 is 24.9. The molecule has 5 aromatic rings. The van der Waals surface area contributed by atoms with E-state index in [0.29, 0.717) is 18.7 Å². The Bertz CT molecular complexity index is 1550. The van der Waals surface area contributed by atoms with Gasteiger partial charge in [0.15, 0.2) is 0 Å². The van der Waals surface area contributed by atoms with Crippen molar-refractivity contribution in [1.29, 1.82) is 0 Å². The number of carbonyl (C=O) groups excluding carboxylic acids is 1. The molecule has 2 heterocycles. The number of hydrogen-bond donors (Lipinski definition) is 0. The minimum Gasteiger partial charge on any atom is -0.488 e. The maximum Gasteiger partial charge on any atom is 0.515 e. The van der Waals surface area contributed by atoms with Crippen LogP contribution in [0, 0.1) is 0 Å². The van der Waals surface area contributed by atoms with Crippen LogP contribution in [0.5, 0.6) is 11.6 Å². The fraction of sp³-hybridized carbons (Fsp3) is 0.226. The molecule has 0 bridgehead atoms. The van der Waals surface area contributed by atoms with Crippen LogP contribution in [-0.4, -0.2) is 28.9 Å². The average molecular weight is 511 g/mol. The van der Waals surface area contributed by atoms with E-state index in [1.807, 2.05) is 60.7 Å². The third kappa shape index (κ3) is 5.33. The summed E-state index contributed by atoms with van der Waals surface area (Å²) in [6.45, 7) is 4.77. The number of methoxy groups -OCH3 is 1. The third-order valence-corrected chi connectivity index (χ3v) is 6.18. The van der Waals surface area contributed by atoms with Gasteiger partial charge in [-0.2, -0.15) is 0 Å². The number of pyridine rings is 1. The Morgan fingerprint density at radius 1 is 0.842 bits per heavy atom. The summed E-state index contributed by atoms with van der Waals surface area (Å²) in [6, 6.07) is 26.3. The van der Waals surface area contributed by atoms with Crippen molar-refractivity contribution >= 4 is 28.0 Å². The van der Waals surface area contributed by atoms with E-state index < -0.39 is 6.16 Å². The summed E-state index contributed by atoms with van der Waals surface area (Å²) in [4.78, 5) is 16.9. The van der Waals surface area contributed by atoms with Gasteiger partial charge in [-0.1, -0.05) is 66.7 Å². The zero-order chi connectivity index (χ0) is 26.5. The highest BCUT2D eigenvalue weighted by molar-refractivity contribution is 6.13. The molecule has 0 atom stereocenters. The summed E-state index contributed by atoms with van der Waals surface area (Å²) in [7, 11) is 1.60. The minimum atomic E-state index is -0.808. The van der Waals surface area contributed by atoms with Gasteiger partial charge in [-0.05, 0) is 37.1 Å². The largest absolute Gasteiger partial charge is 0.515 e. The zero-order valence-electron chi connectivity index (χ0n) is 21.7. The van der Waals surface area contributed by atoms with Gasteiger partial charge in [0.25, 0.3) is 0 Å². The molecule has 0 radical (unpaired) electrons. The van der Waals surface area contributed by atoms with Crippen molar-refractivity contribution in [3.05, 3.63) is 102 Å². The first kappa shape index (κ1) is 25.3. The third-order valence-electron chi connectivity index (χ3n) is 6.18. The Morgan fingerprint density at radius 3 is 2.24 bits per heavy atom. The van der Waals surface area contributed by atoms with Crippen molar-refractivity contribution in [3.8, 4) is 11.6 Å². The van der Waals surface area contributed by atoms with Crippen LogP contribution in [0.25, 0.3) is 21.8 Å². The van der Waals surface area contributed by atoms with Crippen LogP contribution in [0.3, 0.4) is 0 Å². The molecule has 7 nitrogen and oxygen atoms in total. The number of aromatic nitrogens is 2. The lowest BCUT2D eigenvalue weighted by molar-refractivity contribution is 0.0705. The molecule has 194 valence electrons. The van der Waals surface area contributed by atoms with Crippen LogP contribution in [0.4, 0.5) is 4.79 Å². The standard InChI is InChI=1S/C31H30N2O5/c1-21(2)37-31(34)38-30-24(20-35-3)28-26(17-32-30)33(18-22-11-6-4-7-12-22)25-15-10-16-27(29(25)28)36-19-23-13-8-5-9-14-23/h4-17,21H,18-20H2,1-3H3. The van der Waals surface area contributed by atoms with E-state index in [4.69, 9.17) is 18.9 Å². The second-order valence-corrected chi connectivity index (χ2v) is 9.25. The maximum absolute atomic E-state index is 12.4. The average Bonchev–Trinajstić information content (AvgIpc) is 3.23. The monoisotopic (exact) mass is 510 g/mol.